The van der Waals surface area contributed by atoms with Crippen LogP contribution in [0.15, 0.2) is 0 Å². The highest BCUT2D eigenvalue weighted by atomic mass is 16.2. The van der Waals surface area contributed by atoms with Gasteiger partial charge in [-0.3, -0.25) is 24.2 Å². The first-order chi connectivity index (χ1) is 16.2. The second-order valence-corrected chi connectivity index (χ2v) is 11.0. The summed E-state index contributed by atoms with van der Waals surface area (Å²) >= 11 is 0. The molecule has 190 valence electrons. The van der Waals surface area contributed by atoms with Gasteiger partial charge in [0.15, 0.2) is 0 Å². The predicted octanol–water partition coefficient (Wildman–Crippen LogP) is 1.97. The van der Waals surface area contributed by atoms with Gasteiger partial charge in [-0.25, -0.2) is 9.69 Å². The van der Waals surface area contributed by atoms with Gasteiger partial charge in [0.05, 0.1) is 12.7 Å². The molecule has 3 saturated heterocycles. The van der Waals surface area contributed by atoms with E-state index >= 15 is 0 Å². The van der Waals surface area contributed by atoms with E-state index in [0.29, 0.717) is 5.92 Å². The maximum absolute atomic E-state index is 13.8. The highest BCUT2D eigenvalue weighted by Gasteiger charge is 2.51. The summed E-state index contributed by atoms with van der Waals surface area (Å²) in [7, 11) is 1.91. The molecule has 34 heavy (non-hydrogen) atoms. The molecular formula is C25H41N5O4. The van der Waals surface area contributed by atoms with Crippen molar-refractivity contribution in [3.8, 4) is 0 Å². The van der Waals surface area contributed by atoms with E-state index in [4.69, 9.17) is 0 Å². The number of amides is 5. The summed E-state index contributed by atoms with van der Waals surface area (Å²) in [6, 6.07) is -0.502. The number of carbonyl (C=O) groups is 4. The third kappa shape index (κ3) is 4.73. The highest BCUT2D eigenvalue weighted by molar-refractivity contribution is 6.44. The van der Waals surface area contributed by atoms with Crippen LogP contribution in [-0.4, -0.2) is 106 Å². The Morgan fingerprint density at radius 3 is 2.29 bits per heavy atom. The van der Waals surface area contributed by atoms with Crippen molar-refractivity contribution in [3.63, 3.8) is 0 Å². The molecule has 5 amide bonds. The fraction of sp³-hybridized carbons (Fsp3) is 0.840. The monoisotopic (exact) mass is 475 g/mol. The van der Waals surface area contributed by atoms with Crippen LogP contribution in [0.25, 0.3) is 0 Å². The van der Waals surface area contributed by atoms with E-state index in [1.165, 1.54) is 0 Å². The van der Waals surface area contributed by atoms with Crippen molar-refractivity contribution in [2.75, 3.05) is 39.9 Å². The molecule has 1 saturated carbocycles. The molecule has 4 aliphatic rings. The number of likely N-dealkylation sites (tertiary alicyclic amines) is 2. The Morgan fingerprint density at radius 1 is 1.00 bits per heavy atom. The molecule has 3 heterocycles. The second kappa shape index (κ2) is 10.3. The van der Waals surface area contributed by atoms with Crippen LogP contribution < -0.4 is 0 Å². The lowest BCUT2D eigenvalue weighted by atomic mass is 9.84. The van der Waals surface area contributed by atoms with Crippen LogP contribution in [0.5, 0.6) is 0 Å². The van der Waals surface area contributed by atoms with E-state index in [2.05, 4.69) is 16.7 Å². The quantitative estimate of drug-likeness (QED) is 0.414. The van der Waals surface area contributed by atoms with Crippen LogP contribution in [0.2, 0.25) is 0 Å². The Bertz CT molecular complexity index is 809. The number of rotatable bonds is 7. The third-order valence-electron chi connectivity index (χ3n) is 8.39. The molecule has 0 aromatic rings. The largest absolute Gasteiger partial charge is 0.341 e. The van der Waals surface area contributed by atoms with Crippen molar-refractivity contribution in [2.45, 2.75) is 83.8 Å². The van der Waals surface area contributed by atoms with Gasteiger partial charge in [0, 0.05) is 38.8 Å². The maximum atomic E-state index is 13.8. The average molecular weight is 476 g/mol. The zero-order chi connectivity index (χ0) is 24.6. The molecule has 9 nitrogen and oxygen atoms in total. The number of hydrogen-bond donors (Lipinski definition) is 0. The van der Waals surface area contributed by atoms with Crippen molar-refractivity contribution in [3.05, 3.63) is 0 Å². The second-order valence-electron chi connectivity index (χ2n) is 11.0. The number of urea groups is 1. The zero-order valence-electron chi connectivity index (χ0n) is 21.2. The topological polar surface area (TPSA) is 84.5 Å². The van der Waals surface area contributed by atoms with Gasteiger partial charge >= 0.3 is 17.8 Å². The maximum Gasteiger partial charge on any atom is 0.335 e. The Kier molecular flexibility index (Phi) is 7.62. The van der Waals surface area contributed by atoms with Gasteiger partial charge in [-0.2, -0.15) is 0 Å². The number of likely N-dealkylation sites (N-methyl/N-ethyl adjacent to an activating group) is 1. The Labute approximate surface area is 203 Å². The number of fused-ring (bicyclic) bond motifs is 1. The van der Waals surface area contributed by atoms with Gasteiger partial charge in [0.1, 0.15) is 0 Å². The van der Waals surface area contributed by atoms with Crippen LogP contribution >= 0.6 is 0 Å². The molecule has 4 fully saturated rings. The average Bonchev–Trinajstić information content (AvgIpc) is 3.30. The first kappa shape index (κ1) is 25.1. The zero-order valence-corrected chi connectivity index (χ0v) is 21.2. The van der Waals surface area contributed by atoms with Gasteiger partial charge in [-0.05, 0) is 50.5 Å². The van der Waals surface area contributed by atoms with Crippen LogP contribution in [0.4, 0.5) is 4.79 Å². The molecule has 1 aliphatic carbocycles. The summed E-state index contributed by atoms with van der Waals surface area (Å²) in [4.78, 5) is 60.6. The fourth-order valence-electron chi connectivity index (χ4n) is 6.40. The minimum Gasteiger partial charge on any atom is -0.341 e. The van der Waals surface area contributed by atoms with E-state index in [-0.39, 0.29) is 43.2 Å². The Balaban J connectivity index is 1.51. The number of hydrogen-bond acceptors (Lipinski definition) is 6. The Morgan fingerprint density at radius 2 is 1.65 bits per heavy atom. The SMILES string of the molecule is CCN1CCC(N(C)C(=O)[C@@H]2C[C@H]3CCCC[C@H]3N2CN2C(=O)C(=O)N(CC(C)C)C2=O)CC1. The summed E-state index contributed by atoms with van der Waals surface area (Å²) in [5.74, 6) is -0.948. The predicted molar refractivity (Wildman–Crippen MR) is 128 cm³/mol. The minimum atomic E-state index is -0.767. The van der Waals surface area contributed by atoms with Crippen molar-refractivity contribution in [1.82, 2.24) is 24.5 Å². The van der Waals surface area contributed by atoms with E-state index in [1.54, 1.807) is 0 Å². The lowest BCUT2D eigenvalue weighted by Crippen LogP contribution is -2.55. The highest BCUT2D eigenvalue weighted by Crippen LogP contribution is 2.41. The number of imide groups is 2. The van der Waals surface area contributed by atoms with E-state index < -0.39 is 17.8 Å². The summed E-state index contributed by atoms with van der Waals surface area (Å²) in [6.45, 7) is 9.29. The van der Waals surface area contributed by atoms with E-state index in [9.17, 15) is 19.2 Å². The Hall–Kier alpha value is -2.00. The van der Waals surface area contributed by atoms with Gasteiger partial charge < -0.3 is 9.80 Å². The molecule has 0 radical (unpaired) electrons. The summed E-state index contributed by atoms with van der Waals surface area (Å²) in [5, 5.41) is 0. The standard InChI is InChI=1S/C25H41N5O4/c1-5-27-12-10-19(11-13-27)26(4)22(31)21-14-18-8-6-7-9-20(18)29(21)16-30-24(33)23(32)28(25(30)34)15-17(2)3/h17-21H,5-16H2,1-4H3/t18-,20-,21+/m1/s1. The first-order valence-corrected chi connectivity index (χ1v) is 13.1. The van der Waals surface area contributed by atoms with Crippen molar-refractivity contribution >= 4 is 23.8 Å². The number of nitrogens with zero attached hydrogens (tertiary/aromatic N) is 5. The molecule has 0 aromatic heterocycles. The first-order valence-electron chi connectivity index (χ1n) is 13.1. The molecule has 0 N–H and O–H groups in total. The van der Waals surface area contributed by atoms with Crippen LogP contribution in [0.3, 0.4) is 0 Å². The number of carbonyl (C=O) groups excluding carboxylic acids is 4. The van der Waals surface area contributed by atoms with E-state index in [0.717, 1.165) is 74.4 Å². The van der Waals surface area contributed by atoms with Crippen LogP contribution in [0.1, 0.15) is 65.7 Å². The number of piperidine rings is 1. The lowest BCUT2D eigenvalue weighted by molar-refractivity contribution is -0.145. The van der Waals surface area contributed by atoms with Gasteiger partial charge in [0.25, 0.3) is 0 Å². The van der Waals surface area contributed by atoms with Crippen molar-refractivity contribution in [1.29, 1.82) is 0 Å². The summed E-state index contributed by atoms with van der Waals surface area (Å²) in [5.41, 5.74) is 0. The van der Waals surface area contributed by atoms with E-state index in [1.807, 2.05) is 25.8 Å². The molecule has 0 spiro atoms. The smallest absolute Gasteiger partial charge is 0.335 e. The fourth-order valence-corrected chi connectivity index (χ4v) is 6.40. The minimum absolute atomic E-state index is 0.0255. The lowest BCUT2D eigenvalue weighted by Gasteiger charge is -2.39. The van der Waals surface area contributed by atoms with Crippen LogP contribution in [0, 0.1) is 11.8 Å². The normalized spacial score (nSPS) is 29.4. The summed E-state index contributed by atoms with van der Waals surface area (Å²) < 4.78 is 0. The van der Waals surface area contributed by atoms with Crippen LogP contribution in [-0.2, 0) is 14.4 Å². The molecule has 4 rings (SSSR count). The van der Waals surface area contributed by atoms with Crippen molar-refractivity contribution in [2.24, 2.45) is 11.8 Å². The third-order valence-corrected chi connectivity index (χ3v) is 8.39. The van der Waals surface area contributed by atoms with Crippen molar-refractivity contribution < 1.29 is 19.2 Å². The molecule has 0 bridgehead atoms. The van der Waals surface area contributed by atoms with Gasteiger partial charge in [0.2, 0.25) is 5.91 Å². The van der Waals surface area contributed by atoms with Gasteiger partial charge in [-0.1, -0.05) is 33.6 Å². The molecule has 9 heteroatoms. The molecule has 0 unspecified atom stereocenters. The van der Waals surface area contributed by atoms with Gasteiger partial charge in [-0.15, -0.1) is 0 Å². The molecule has 3 aliphatic heterocycles. The molecule has 0 aromatic carbocycles. The molecular weight excluding hydrogens is 434 g/mol. The molecule has 3 atom stereocenters. The summed E-state index contributed by atoms with van der Waals surface area (Å²) in [6.07, 6.45) is 6.99.